The molecule has 1 nitrogen and oxygen atoms in total. The van der Waals surface area contributed by atoms with Crippen molar-refractivity contribution in [3.8, 4) is 5.75 Å². The molecular weight excluding hydrogens is 288 g/mol. The maximum absolute atomic E-state index is 9.49. The summed E-state index contributed by atoms with van der Waals surface area (Å²) in [6, 6.07) is 14.5. The normalized spacial score (nSPS) is 23.2. The molecule has 118 valence electrons. The van der Waals surface area contributed by atoms with Gasteiger partial charge in [0.2, 0.25) is 0 Å². The van der Waals surface area contributed by atoms with Crippen molar-refractivity contribution < 1.29 is 5.11 Å². The highest BCUT2D eigenvalue weighted by Gasteiger charge is 2.38. The van der Waals surface area contributed by atoms with E-state index >= 15 is 0 Å². The van der Waals surface area contributed by atoms with Gasteiger partial charge in [-0.1, -0.05) is 57.5 Å². The molecule has 0 radical (unpaired) electrons. The van der Waals surface area contributed by atoms with E-state index in [1.54, 1.807) is 12.1 Å². The van der Waals surface area contributed by atoms with Gasteiger partial charge in [-0.05, 0) is 42.2 Å². The van der Waals surface area contributed by atoms with Gasteiger partial charge in [0.1, 0.15) is 5.75 Å². The molecule has 0 aliphatic carbocycles. The van der Waals surface area contributed by atoms with E-state index in [9.17, 15) is 5.11 Å². The monoisotopic (exact) mass is 314 g/mol. The zero-order valence-corrected chi connectivity index (χ0v) is 15.0. The van der Waals surface area contributed by atoms with Gasteiger partial charge >= 0.3 is 0 Å². The molecule has 0 bridgehead atoms. The van der Waals surface area contributed by atoms with E-state index in [4.69, 9.17) is 0 Å². The predicted octanol–water partition coefficient (Wildman–Crippen LogP) is 5.89. The van der Waals surface area contributed by atoms with Gasteiger partial charge in [0.15, 0.2) is 0 Å². The Morgan fingerprint density at radius 1 is 1.09 bits per heavy atom. The summed E-state index contributed by atoms with van der Waals surface area (Å²) in [6.45, 7) is 10.8. The topological polar surface area (TPSA) is 20.2 Å². The molecule has 1 aliphatic heterocycles. The summed E-state index contributed by atoms with van der Waals surface area (Å²) in [5, 5.41) is 9.49. The van der Waals surface area contributed by atoms with Crippen LogP contribution in [0.1, 0.15) is 50.3 Å². The van der Waals surface area contributed by atoms with Crippen molar-refractivity contribution >= 4 is 11.8 Å². The first kappa shape index (κ1) is 17.0. The van der Waals surface area contributed by atoms with Gasteiger partial charge < -0.3 is 5.11 Å². The minimum atomic E-state index is 0.112. The Morgan fingerprint density at radius 2 is 1.73 bits per heavy atom. The number of phenols is 1. The third-order valence-electron chi connectivity index (χ3n) is 4.65. The zero-order chi connectivity index (χ0) is 16.3. The lowest BCUT2D eigenvalue weighted by molar-refractivity contribution is 0.431. The lowest BCUT2D eigenvalue weighted by Gasteiger charge is -2.41. The molecule has 0 saturated carbocycles. The van der Waals surface area contributed by atoms with Crippen molar-refractivity contribution in [2.24, 2.45) is 0 Å². The van der Waals surface area contributed by atoms with Crippen molar-refractivity contribution in [3.05, 3.63) is 59.2 Å². The summed E-state index contributed by atoms with van der Waals surface area (Å²) in [5.41, 5.74) is 4.20. The summed E-state index contributed by atoms with van der Waals surface area (Å²) in [5.74, 6) is 1.89. The first-order valence-corrected chi connectivity index (χ1v) is 9.02. The predicted molar refractivity (Wildman–Crippen MR) is 97.1 cm³/mol. The van der Waals surface area contributed by atoms with E-state index in [-0.39, 0.29) is 5.41 Å². The van der Waals surface area contributed by atoms with Crippen LogP contribution in [-0.4, -0.2) is 10.9 Å². The van der Waals surface area contributed by atoms with Crippen LogP contribution >= 0.6 is 11.8 Å². The van der Waals surface area contributed by atoms with Gasteiger partial charge in [-0.25, -0.2) is 0 Å². The van der Waals surface area contributed by atoms with Crippen molar-refractivity contribution in [2.75, 3.05) is 5.75 Å². The van der Waals surface area contributed by atoms with Gasteiger partial charge in [0.25, 0.3) is 0 Å². The Morgan fingerprint density at radius 3 is 2.36 bits per heavy atom. The number of aromatic hydroxyl groups is 1. The SMILES string of the molecule is CC.Cc1ccc2c(c1)SCC(C)(c1ccc(O)cc1)C2C. The fraction of sp³-hybridized carbons (Fsp3) is 0.400. The molecule has 22 heavy (non-hydrogen) atoms. The average Bonchev–Trinajstić information content (AvgIpc) is 2.54. The van der Waals surface area contributed by atoms with E-state index in [0.29, 0.717) is 11.7 Å². The van der Waals surface area contributed by atoms with E-state index in [2.05, 4.69) is 51.1 Å². The van der Waals surface area contributed by atoms with Gasteiger partial charge in [-0.3, -0.25) is 0 Å². The molecule has 1 heterocycles. The van der Waals surface area contributed by atoms with Gasteiger partial charge in [-0.15, -0.1) is 11.8 Å². The molecule has 2 aromatic rings. The molecule has 2 unspecified atom stereocenters. The Hall–Kier alpha value is -1.41. The molecule has 1 N–H and O–H groups in total. The molecule has 0 spiro atoms. The molecular formula is C20H26OS. The van der Waals surface area contributed by atoms with E-state index in [0.717, 1.165) is 5.75 Å². The molecule has 0 amide bonds. The first-order chi connectivity index (χ1) is 10.5. The van der Waals surface area contributed by atoms with Crippen molar-refractivity contribution in [1.82, 2.24) is 0 Å². The van der Waals surface area contributed by atoms with Crippen LogP contribution in [0.4, 0.5) is 0 Å². The van der Waals surface area contributed by atoms with E-state index < -0.39 is 0 Å². The third-order valence-corrected chi connectivity index (χ3v) is 6.05. The Labute approximate surface area is 138 Å². The average molecular weight is 314 g/mol. The quantitative estimate of drug-likeness (QED) is 0.707. The molecule has 0 fully saturated rings. The summed E-state index contributed by atoms with van der Waals surface area (Å²) in [6.07, 6.45) is 0. The molecule has 2 aromatic carbocycles. The van der Waals surface area contributed by atoms with Crippen LogP contribution in [0.2, 0.25) is 0 Å². The molecule has 0 saturated heterocycles. The van der Waals surface area contributed by atoms with Crippen LogP contribution in [0.3, 0.4) is 0 Å². The molecule has 2 heteroatoms. The summed E-state index contributed by atoms with van der Waals surface area (Å²) in [7, 11) is 0. The Bertz CT molecular complexity index is 633. The standard InChI is InChI=1S/C18H20OS.C2H6/c1-12-4-9-16-13(2)18(3,11-20-17(16)10-12)14-5-7-15(19)8-6-14;1-2/h4-10,13,19H,11H2,1-3H3;1-2H3. The summed E-state index contributed by atoms with van der Waals surface area (Å²) < 4.78 is 0. The third kappa shape index (κ3) is 3.03. The number of rotatable bonds is 1. The highest BCUT2D eigenvalue weighted by Crippen LogP contribution is 2.49. The number of thioether (sulfide) groups is 1. The van der Waals surface area contributed by atoms with Crippen LogP contribution in [0, 0.1) is 6.92 Å². The molecule has 2 atom stereocenters. The van der Waals surface area contributed by atoms with Gasteiger partial charge in [0, 0.05) is 16.1 Å². The van der Waals surface area contributed by atoms with Crippen molar-refractivity contribution in [1.29, 1.82) is 0 Å². The van der Waals surface area contributed by atoms with Gasteiger partial charge in [-0.2, -0.15) is 0 Å². The molecule has 3 rings (SSSR count). The second-order valence-corrected chi connectivity index (χ2v) is 7.03. The highest BCUT2D eigenvalue weighted by atomic mass is 32.2. The number of hydrogen-bond donors (Lipinski definition) is 1. The van der Waals surface area contributed by atoms with Crippen LogP contribution in [-0.2, 0) is 5.41 Å². The lowest BCUT2D eigenvalue weighted by Crippen LogP contribution is -2.34. The fourth-order valence-electron chi connectivity index (χ4n) is 3.00. The smallest absolute Gasteiger partial charge is 0.115 e. The van der Waals surface area contributed by atoms with Crippen LogP contribution in [0.15, 0.2) is 47.4 Å². The highest BCUT2D eigenvalue weighted by molar-refractivity contribution is 7.99. The number of phenolic OH excluding ortho intramolecular Hbond substituents is 1. The fourth-order valence-corrected chi connectivity index (χ4v) is 4.55. The minimum absolute atomic E-state index is 0.112. The Kier molecular flexibility index (Phi) is 5.23. The second kappa shape index (κ2) is 6.78. The second-order valence-electron chi connectivity index (χ2n) is 6.02. The number of aryl methyl sites for hydroxylation is 1. The number of hydrogen-bond acceptors (Lipinski definition) is 2. The molecule has 0 aromatic heterocycles. The summed E-state index contributed by atoms with van der Waals surface area (Å²) in [4.78, 5) is 1.42. The van der Waals surface area contributed by atoms with Crippen molar-refractivity contribution in [2.45, 2.75) is 50.8 Å². The van der Waals surface area contributed by atoms with Crippen LogP contribution < -0.4 is 0 Å². The van der Waals surface area contributed by atoms with Crippen molar-refractivity contribution in [3.63, 3.8) is 0 Å². The van der Waals surface area contributed by atoms with E-state index in [1.165, 1.54) is 21.6 Å². The largest absolute Gasteiger partial charge is 0.508 e. The zero-order valence-electron chi connectivity index (χ0n) is 14.2. The summed E-state index contributed by atoms with van der Waals surface area (Å²) >= 11 is 1.95. The maximum atomic E-state index is 9.49. The maximum Gasteiger partial charge on any atom is 0.115 e. The number of benzene rings is 2. The lowest BCUT2D eigenvalue weighted by atomic mass is 9.70. The Balaban J connectivity index is 0.000000847. The first-order valence-electron chi connectivity index (χ1n) is 8.03. The van der Waals surface area contributed by atoms with E-state index in [1.807, 2.05) is 25.6 Å². The minimum Gasteiger partial charge on any atom is -0.508 e. The number of fused-ring (bicyclic) bond motifs is 1. The van der Waals surface area contributed by atoms with Crippen LogP contribution in [0.25, 0.3) is 0 Å². The molecule has 1 aliphatic rings. The van der Waals surface area contributed by atoms with Gasteiger partial charge in [0.05, 0.1) is 0 Å². The van der Waals surface area contributed by atoms with Crippen LogP contribution in [0.5, 0.6) is 5.75 Å².